The first-order chi connectivity index (χ1) is 9.88. The van der Waals surface area contributed by atoms with Gasteiger partial charge in [-0.05, 0) is 31.9 Å². The Morgan fingerprint density at radius 3 is 2.43 bits per heavy atom. The van der Waals surface area contributed by atoms with Gasteiger partial charge in [0.25, 0.3) is 5.91 Å². The number of hydrogen-bond acceptors (Lipinski definition) is 2. The fraction of sp³-hybridized carbons (Fsp3) is 0.467. The van der Waals surface area contributed by atoms with Crippen molar-refractivity contribution in [3.8, 4) is 0 Å². The maximum Gasteiger partial charge on any atom is 0.253 e. The molecule has 1 heterocycles. The molecule has 1 aliphatic rings. The highest BCUT2D eigenvalue weighted by atomic mass is 19.2. The van der Waals surface area contributed by atoms with Crippen molar-refractivity contribution in [2.24, 2.45) is 0 Å². The molecule has 1 N–H and O–H groups in total. The zero-order valence-electron chi connectivity index (χ0n) is 12.2. The Balaban J connectivity index is 2.56. The third-order valence-electron chi connectivity index (χ3n) is 4.16. The minimum atomic E-state index is -1.12. The molecular formula is C15H18F2N2O2. The maximum atomic E-state index is 14.0. The summed E-state index contributed by atoms with van der Waals surface area (Å²) in [7, 11) is 0. The van der Waals surface area contributed by atoms with Crippen molar-refractivity contribution in [1.29, 1.82) is 0 Å². The van der Waals surface area contributed by atoms with Gasteiger partial charge in [-0.15, -0.1) is 0 Å². The van der Waals surface area contributed by atoms with E-state index in [4.69, 9.17) is 0 Å². The Morgan fingerprint density at radius 2 is 1.86 bits per heavy atom. The van der Waals surface area contributed by atoms with Gasteiger partial charge in [0.1, 0.15) is 11.6 Å². The van der Waals surface area contributed by atoms with Crippen molar-refractivity contribution in [3.05, 3.63) is 29.8 Å². The van der Waals surface area contributed by atoms with Crippen molar-refractivity contribution in [2.75, 3.05) is 4.90 Å². The van der Waals surface area contributed by atoms with Gasteiger partial charge in [-0.2, -0.15) is 0 Å². The summed E-state index contributed by atoms with van der Waals surface area (Å²) >= 11 is 0. The number of hydrogen-bond donors (Lipinski definition) is 1. The van der Waals surface area contributed by atoms with Gasteiger partial charge in [-0.3, -0.25) is 14.5 Å². The number of carbonyl (C=O) groups excluding carboxylic acids is 2. The molecule has 2 amide bonds. The fourth-order valence-corrected chi connectivity index (χ4v) is 2.64. The standard InChI is InChI=1S/C15H18F2N2O2/c1-4-15(5-2)14(21)19(9(3)13(20)18-15)11-8-6-7-10(16)12(11)17/h6-9H,4-5H2,1-3H3,(H,18,20). The van der Waals surface area contributed by atoms with Crippen LogP contribution >= 0.6 is 0 Å². The van der Waals surface area contributed by atoms with Gasteiger partial charge in [0.15, 0.2) is 11.6 Å². The molecule has 1 aromatic rings. The summed E-state index contributed by atoms with van der Waals surface area (Å²) < 4.78 is 27.4. The molecule has 0 aliphatic carbocycles. The highest BCUT2D eigenvalue weighted by Crippen LogP contribution is 2.31. The van der Waals surface area contributed by atoms with Crippen LogP contribution in [0.2, 0.25) is 0 Å². The highest BCUT2D eigenvalue weighted by molar-refractivity contribution is 6.10. The Labute approximate surface area is 122 Å². The summed E-state index contributed by atoms with van der Waals surface area (Å²) in [4.78, 5) is 25.9. The predicted molar refractivity (Wildman–Crippen MR) is 74.8 cm³/mol. The van der Waals surface area contributed by atoms with Gasteiger partial charge in [0.2, 0.25) is 5.91 Å². The first-order valence-corrected chi connectivity index (χ1v) is 6.97. The topological polar surface area (TPSA) is 49.4 Å². The normalized spacial score (nSPS) is 21.4. The van der Waals surface area contributed by atoms with E-state index in [0.29, 0.717) is 12.8 Å². The third-order valence-corrected chi connectivity index (χ3v) is 4.16. The second-order valence-corrected chi connectivity index (χ2v) is 5.20. The molecule has 1 unspecified atom stereocenters. The third kappa shape index (κ3) is 2.28. The number of nitrogens with one attached hydrogen (secondary N) is 1. The molecule has 1 aliphatic heterocycles. The van der Waals surface area contributed by atoms with E-state index < -0.39 is 29.1 Å². The maximum absolute atomic E-state index is 14.0. The zero-order chi connectivity index (χ0) is 15.8. The van der Waals surface area contributed by atoms with Gasteiger partial charge < -0.3 is 5.32 Å². The van der Waals surface area contributed by atoms with E-state index in [-0.39, 0.29) is 11.6 Å². The lowest BCUT2D eigenvalue weighted by atomic mass is 9.87. The first kappa shape index (κ1) is 15.4. The van der Waals surface area contributed by atoms with E-state index in [1.54, 1.807) is 13.8 Å². The minimum Gasteiger partial charge on any atom is -0.340 e. The molecule has 0 aromatic heterocycles. The van der Waals surface area contributed by atoms with Crippen LogP contribution in [0.1, 0.15) is 33.6 Å². The fourth-order valence-electron chi connectivity index (χ4n) is 2.64. The molecule has 1 atom stereocenters. The van der Waals surface area contributed by atoms with E-state index in [1.807, 2.05) is 0 Å². The molecule has 0 bridgehead atoms. The van der Waals surface area contributed by atoms with Crippen LogP contribution in [0.25, 0.3) is 0 Å². The molecule has 1 aromatic carbocycles. The van der Waals surface area contributed by atoms with E-state index >= 15 is 0 Å². The number of nitrogens with zero attached hydrogens (tertiary/aromatic N) is 1. The van der Waals surface area contributed by atoms with Crippen LogP contribution in [0.3, 0.4) is 0 Å². The summed E-state index contributed by atoms with van der Waals surface area (Å²) in [5, 5.41) is 2.72. The summed E-state index contributed by atoms with van der Waals surface area (Å²) in [6, 6.07) is 2.71. The monoisotopic (exact) mass is 296 g/mol. The largest absolute Gasteiger partial charge is 0.340 e. The first-order valence-electron chi connectivity index (χ1n) is 6.97. The van der Waals surface area contributed by atoms with Crippen molar-refractivity contribution >= 4 is 17.5 Å². The van der Waals surface area contributed by atoms with E-state index in [2.05, 4.69) is 5.32 Å². The lowest BCUT2D eigenvalue weighted by molar-refractivity contribution is -0.138. The molecule has 6 heteroatoms. The second kappa shape index (κ2) is 5.42. The number of halogens is 2. The molecule has 1 saturated heterocycles. The summed E-state index contributed by atoms with van der Waals surface area (Å²) in [6.45, 7) is 5.04. The van der Waals surface area contributed by atoms with Crippen LogP contribution < -0.4 is 10.2 Å². The van der Waals surface area contributed by atoms with Crippen LogP contribution in [0, 0.1) is 11.6 Å². The van der Waals surface area contributed by atoms with Crippen molar-refractivity contribution in [3.63, 3.8) is 0 Å². The molecule has 2 rings (SSSR count). The second-order valence-electron chi connectivity index (χ2n) is 5.20. The molecule has 0 radical (unpaired) electrons. The van der Waals surface area contributed by atoms with Gasteiger partial charge in [-0.1, -0.05) is 19.9 Å². The minimum absolute atomic E-state index is 0.200. The van der Waals surface area contributed by atoms with Crippen molar-refractivity contribution in [2.45, 2.75) is 45.2 Å². The zero-order valence-corrected chi connectivity index (χ0v) is 12.2. The van der Waals surface area contributed by atoms with Crippen LogP contribution in [-0.2, 0) is 9.59 Å². The van der Waals surface area contributed by atoms with Gasteiger partial charge in [0.05, 0.1) is 5.69 Å². The smallest absolute Gasteiger partial charge is 0.253 e. The number of rotatable bonds is 3. The Kier molecular flexibility index (Phi) is 3.98. The van der Waals surface area contributed by atoms with Crippen molar-refractivity contribution < 1.29 is 18.4 Å². The summed E-state index contributed by atoms with van der Waals surface area (Å²) in [5.41, 5.74) is -1.27. The molecule has 0 spiro atoms. The lowest BCUT2D eigenvalue weighted by Crippen LogP contribution is -2.69. The molecular weight excluding hydrogens is 278 g/mol. The van der Waals surface area contributed by atoms with E-state index in [0.717, 1.165) is 11.0 Å². The van der Waals surface area contributed by atoms with Gasteiger partial charge in [0, 0.05) is 0 Å². The number of benzene rings is 1. The summed E-state index contributed by atoms with van der Waals surface area (Å²) in [6.07, 6.45) is 0.766. The number of carbonyl (C=O) groups is 2. The van der Waals surface area contributed by atoms with Crippen LogP contribution in [0.5, 0.6) is 0 Å². The summed E-state index contributed by atoms with van der Waals surface area (Å²) in [5.74, 6) is -2.95. The number of piperazine rings is 1. The molecule has 0 saturated carbocycles. The Morgan fingerprint density at radius 1 is 1.24 bits per heavy atom. The molecule has 21 heavy (non-hydrogen) atoms. The Bertz CT molecular complexity index is 585. The van der Waals surface area contributed by atoms with Crippen LogP contribution in [0.4, 0.5) is 14.5 Å². The lowest BCUT2D eigenvalue weighted by Gasteiger charge is -2.44. The van der Waals surface area contributed by atoms with Crippen molar-refractivity contribution in [1.82, 2.24) is 5.32 Å². The average Bonchev–Trinajstić information content (AvgIpc) is 2.47. The average molecular weight is 296 g/mol. The highest BCUT2D eigenvalue weighted by Gasteiger charge is 2.48. The van der Waals surface area contributed by atoms with E-state index in [9.17, 15) is 18.4 Å². The van der Waals surface area contributed by atoms with Gasteiger partial charge in [-0.25, -0.2) is 8.78 Å². The number of anilines is 1. The Hall–Kier alpha value is -1.98. The van der Waals surface area contributed by atoms with E-state index in [1.165, 1.54) is 19.1 Å². The molecule has 4 nitrogen and oxygen atoms in total. The molecule has 1 fully saturated rings. The van der Waals surface area contributed by atoms with Gasteiger partial charge >= 0.3 is 0 Å². The predicted octanol–water partition coefficient (Wildman–Crippen LogP) is 2.37. The van der Waals surface area contributed by atoms with Crippen LogP contribution in [0.15, 0.2) is 18.2 Å². The number of amides is 2. The van der Waals surface area contributed by atoms with Crippen LogP contribution in [-0.4, -0.2) is 23.4 Å². The molecule has 114 valence electrons. The SMILES string of the molecule is CCC1(CC)NC(=O)C(C)N(c2cccc(F)c2F)C1=O. The quantitative estimate of drug-likeness (QED) is 0.931.